The molecule has 4 amide bonds. The number of guanidine groups is 1. The Kier molecular flexibility index (Phi) is 15.6. The normalized spacial score (nSPS) is 15.7. The van der Waals surface area contributed by atoms with Crippen LogP contribution in [0.2, 0.25) is 0 Å². The maximum absolute atomic E-state index is 13.0. The Hall–Kier alpha value is -3.30. The molecule has 12 N–H and O–H groups in total. The van der Waals surface area contributed by atoms with E-state index in [2.05, 4.69) is 26.3 Å². The van der Waals surface area contributed by atoms with Gasteiger partial charge in [0.25, 0.3) is 0 Å². The summed E-state index contributed by atoms with van der Waals surface area (Å²) in [5, 5.41) is 28.4. The summed E-state index contributed by atoms with van der Waals surface area (Å²) in [5.74, 6) is -3.35. The van der Waals surface area contributed by atoms with Crippen molar-refractivity contribution in [2.75, 3.05) is 19.7 Å². The lowest BCUT2D eigenvalue weighted by molar-refractivity contribution is -0.135. The number of nitrogens with zero attached hydrogens (tertiary/aromatic N) is 1. The first-order valence-corrected chi connectivity index (χ1v) is 11.6. The Morgan fingerprint density at radius 1 is 1.00 bits per heavy atom. The third-order valence-electron chi connectivity index (χ3n) is 5.29. The Morgan fingerprint density at radius 3 is 2.11 bits per heavy atom. The predicted molar refractivity (Wildman–Crippen MR) is 131 cm³/mol. The molecule has 15 nitrogen and oxygen atoms in total. The van der Waals surface area contributed by atoms with E-state index in [4.69, 9.17) is 22.3 Å². The van der Waals surface area contributed by atoms with Crippen molar-refractivity contribution in [2.45, 2.75) is 70.3 Å². The number of amides is 4. The molecule has 0 aliphatic rings. The minimum absolute atomic E-state index is 0.0748. The summed E-state index contributed by atoms with van der Waals surface area (Å²) in [5.41, 5.74) is 16.4. The number of aldehydes is 1. The van der Waals surface area contributed by atoms with Gasteiger partial charge in [-0.15, -0.1) is 0 Å². The van der Waals surface area contributed by atoms with Crippen LogP contribution in [0.3, 0.4) is 0 Å². The van der Waals surface area contributed by atoms with Crippen molar-refractivity contribution in [3.8, 4) is 0 Å². The van der Waals surface area contributed by atoms with Gasteiger partial charge in [-0.25, -0.2) is 0 Å². The molecule has 15 heteroatoms. The SMILES string of the molecule is CC[C@H](C)[C@H](NC(=O)[C@@H](N)CCCN=C(N)N)C(=O)N[C@H](C(=O)NCC(=O)N[C@H](C=O)CO)[C@H](C)O. The van der Waals surface area contributed by atoms with Gasteiger partial charge in [0.05, 0.1) is 25.3 Å². The minimum atomic E-state index is -1.44. The molecule has 206 valence electrons. The third kappa shape index (κ3) is 12.4. The van der Waals surface area contributed by atoms with E-state index in [0.29, 0.717) is 19.1 Å². The molecule has 0 fully saturated rings. The van der Waals surface area contributed by atoms with E-state index >= 15 is 0 Å². The monoisotopic (exact) mass is 516 g/mol. The first-order chi connectivity index (χ1) is 16.9. The summed E-state index contributed by atoms with van der Waals surface area (Å²) < 4.78 is 0. The van der Waals surface area contributed by atoms with E-state index in [1.165, 1.54) is 6.92 Å². The van der Waals surface area contributed by atoms with Crippen LogP contribution in [0.25, 0.3) is 0 Å². The minimum Gasteiger partial charge on any atom is -0.394 e. The van der Waals surface area contributed by atoms with Gasteiger partial charge in [-0.2, -0.15) is 0 Å². The molecule has 0 aromatic heterocycles. The van der Waals surface area contributed by atoms with Gasteiger partial charge in [0.15, 0.2) is 5.96 Å². The van der Waals surface area contributed by atoms with E-state index in [-0.39, 0.29) is 24.8 Å². The summed E-state index contributed by atoms with van der Waals surface area (Å²) in [6.07, 6.45) is 0.198. The van der Waals surface area contributed by atoms with Crippen LogP contribution < -0.4 is 38.5 Å². The smallest absolute Gasteiger partial charge is 0.245 e. The molecule has 0 spiro atoms. The summed E-state index contributed by atoms with van der Waals surface area (Å²) in [6.45, 7) is 3.91. The maximum Gasteiger partial charge on any atom is 0.245 e. The summed E-state index contributed by atoms with van der Waals surface area (Å²) in [7, 11) is 0. The molecule has 0 aliphatic heterocycles. The summed E-state index contributed by atoms with van der Waals surface area (Å²) >= 11 is 0. The van der Waals surface area contributed by atoms with Crippen LogP contribution in [0, 0.1) is 5.92 Å². The fraction of sp³-hybridized carbons (Fsp3) is 0.714. The second-order valence-corrected chi connectivity index (χ2v) is 8.36. The number of carbonyl (C=O) groups excluding carboxylic acids is 5. The highest BCUT2D eigenvalue weighted by molar-refractivity contribution is 5.94. The number of hydrogen-bond donors (Lipinski definition) is 9. The molecule has 0 aromatic rings. The number of aliphatic hydroxyl groups excluding tert-OH is 2. The van der Waals surface area contributed by atoms with Gasteiger partial charge in [0, 0.05) is 6.54 Å². The first kappa shape index (κ1) is 32.7. The van der Waals surface area contributed by atoms with Crippen LogP contribution in [-0.4, -0.2) is 96.1 Å². The van der Waals surface area contributed by atoms with Gasteiger partial charge in [-0.1, -0.05) is 20.3 Å². The van der Waals surface area contributed by atoms with Gasteiger partial charge < -0.3 is 53.5 Å². The first-order valence-electron chi connectivity index (χ1n) is 11.6. The fourth-order valence-electron chi connectivity index (χ4n) is 2.92. The van der Waals surface area contributed by atoms with E-state index < -0.39 is 67.1 Å². The molecule has 0 saturated carbocycles. The number of hydrogen-bond acceptors (Lipinski definition) is 9. The lowest BCUT2D eigenvalue weighted by Crippen LogP contribution is -2.60. The Bertz CT molecular complexity index is 773. The van der Waals surface area contributed by atoms with Crippen molar-refractivity contribution in [1.29, 1.82) is 0 Å². The fourth-order valence-corrected chi connectivity index (χ4v) is 2.92. The van der Waals surface area contributed by atoms with Crippen LogP contribution in [0.1, 0.15) is 40.0 Å². The van der Waals surface area contributed by atoms with Crippen molar-refractivity contribution < 1.29 is 34.2 Å². The van der Waals surface area contributed by atoms with Crippen molar-refractivity contribution in [3.05, 3.63) is 0 Å². The topological polar surface area (TPSA) is 264 Å². The van der Waals surface area contributed by atoms with Crippen LogP contribution in [0.5, 0.6) is 0 Å². The maximum atomic E-state index is 13.0. The second-order valence-electron chi connectivity index (χ2n) is 8.36. The Labute approximate surface area is 210 Å². The number of nitrogens with two attached hydrogens (primary N) is 3. The molecular weight excluding hydrogens is 476 g/mol. The quantitative estimate of drug-likeness (QED) is 0.0387. The zero-order valence-electron chi connectivity index (χ0n) is 20.9. The van der Waals surface area contributed by atoms with Crippen LogP contribution in [-0.2, 0) is 24.0 Å². The van der Waals surface area contributed by atoms with E-state index in [1.54, 1.807) is 6.92 Å². The van der Waals surface area contributed by atoms with Gasteiger partial charge in [0.2, 0.25) is 23.6 Å². The summed E-state index contributed by atoms with van der Waals surface area (Å²) in [4.78, 5) is 64.4. The molecule has 0 heterocycles. The van der Waals surface area contributed by atoms with Crippen LogP contribution in [0.4, 0.5) is 0 Å². The van der Waals surface area contributed by atoms with Crippen LogP contribution in [0.15, 0.2) is 4.99 Å². The molecule has 0 radical (unpaired) electrons. The molecule has 0 aliphatic carbocycles. The van der Waals surface area contributed by atoms with Crippen molar-refractivity contribution in [1.82, 2.24) is 21.3 Å². The van der Waals surface area contributed by atoms with Gasteiger partial charge >= 0.3 is 0 Å². The summed E-state index contributed by atoms with van der Waals surface area (Å²) in [6, 6.07) is -4.55. The number of aliphatic hydroxyl groups is 2. The highest BCUT2D eigenvalue weighted by Gasteiger charge is 2.33. The third-order valence-corrected chi connectivity index (χ3v) is 5.29. The zero-order valence-corrected chi connectivity index (χ0v) is 20.9. The highest BCUT2D eigenvalue weighted by atomic mass is 16.3. The number of rotatable bonds is 17. The van der Waals surface area contributed by atoms with E-state index in [1.807, 2.05) is 6.92 Å². The molecule has 0 aromatic carbocycles. The van der Waals surface area contributed by atoms with Crippen LogP contribution >= 0.6 is 0 Å². The number of aliphatic imine (C=N–C) groups is 1. The second kappa shape index (κ2) is 17.2. The van der Waals surface area contributed by atoms with Crippen molar-refractivity contribution in [2.24, 2.45) is 28.1 Å². The molecule has 0 bridgehead atoms. The Morgan fingerprint density at radius 2 is 1.61 bits per heavy atom. The predicted octanol–water partition coefficient (Wildman–Crippen LogP) is -4.44. The van der Waals surface area contributed by atoms with Crippen molar-refractivity contribution in [3.63, 3.8) is 0 Å². The lowest BCUT2D eigenvalue weighted by Gasteiger charge is -2.28. The average Bonchev–Trinajstić information content (AvgIpc) is 2.83. The van der Waals surface area contributed by atoms with E-state index in [9.17, 15) is 29.1 Å². The van der Waals surface area contributed by atoms with Gasteiger partial charge in [-0.05, 0) is 25.7 Å². The molecule has 0 rings (SSSR count). The zero-order chi connectivity index (χ0) is 27.8. The average molecular weight is 517 g/mol. The lowest BCUT2D eigenvalue weighted by atomic mass is 9.97. The van der Waals surface area contributed by atoms with Gasteiger partial charge in [-0.3, -0.25) is 24.2 Å². The van der Waals surface area contributed by atoms with Gasteiger partial charge in [0.1, 0.15) is 24.4 Å². The molecule has 0 unspecified atom stereocenters. The van der Waals surface area contributed by atoms with E-state index in [0.717, 1.165) is 0 Å². The molecule has 0 saturated heterocycles. The standard InChI is InChI=1S/C21H40N8O7/c1-4-11(2)16(28-18(34)14(22)6-5-7-25-21(23)24)20(36)29-17(12(3)32)19(35)26-8-15(33)27-13(9-30)10-31/h9,11-14,16-17,31-32H,4-8,10,22H2,1-3H3,(H,26,35)(H,27,33)(H,28,34)(H,29,36)(H4,23,24,25)/t11-,12-,13+,14-,16-,17-/m0/s1. The number of nitrogens with one attached hydrogen (secondary N) is 4. The molecular formula is C21H40N8O7. The molecule has 6 atom stereocenters. The number of carbonyl (C=O) groups is 5. The largest absolute Gasteiger partial charge is 0.394 e. The van der Waals surface area contributed by atoms with Crippen molar-refractivity contribution >= 4 is 35.9 Å². The highest BCUT2D eigenvalue weighted by Crippen LogP contribution is 2.10. The Balaban J connectivity index is 5.17. The molecule has 36 heavy (non-hydrogen) atoms.